The largest absolute Gasteiger partial charge is 0.462 e. The number of methoxy groups -OCH3 is 1. The maximum absolute atomic E-state index is 13.0. The highest BCUT2D eigenvalue weighted by molar-refractivity contribution is 6.33. The molecule has 0 aliphatic heterocycles. The van der Waals surface area contributed by atoms with Gasteiger partial charge in [-0.1, -0.05) is 16.8 Å². The quantitative estimate of drug-likeness (QED) is 0.772. The summed E-state index contributed by atoms with van der Waals surface area (Å²) < 4.78 is 22.1. The summed E-state index contributed by atoms with van der Waals surface area (Å²) in [4.78, 5) is 14.8. The number of hydrogen-bond acceptors (Lipinski definition) is 5. The summed E-state index contributed by atoms with van der Waals surface area (Å²) >= 11 is 5.85. The van der Waals surface area contributed by atoms with Crippen LogP contribution >= 0.6 is 11.6 Å². The Bertz CT molecular complexity index is 570. The Morgan fingerprint density at radius 3 is 3.00 bits per heavy atom. The minimum atomic E-state index is -0.767. The van der Waals surface area contributed by atoms with Gasteiger partial charge in [0.05, 0.1) is 12.1 Å². The van der Waals surface area contributed by atoms with Crippen molar-refractivity contribution in [2.75, 3.05) is 7.11 Å². The fourth-order valence-corrected chi connectivity index (χ4v) is 1.37. The first-order valence-electron chi connectivity index (χ1n) is 4.49. The number of aromatic nitrogens is 2. The highest BCUT2D eigenvalue weighted by Crippen LogP contribution is 2.26. The number of esters is 1. The van der Waals surface area contributed by atoms with E-state index in [0.29, 0.717) is 0 Å². The van der Waals surface area contributed by atoms with E-state index in [0.717, 1.165) is 6.07 Å². The summed E-state index contributed by atoms with van der Waals surface area (Å²) in [5, 5.41) is 3.77. The van der Waals surface area contributed by atoms with Crippen molar-refractivity contribution in [2.45, 2.75) is 0 Å². The van der Waals surface area contributed by atoms with Gasteiger partial charge in [-0.2, -0.15) is 4.98 Å². The average molecular weight is 257 g/mol. The monoisotopic (exact) mass is 256 g/mol. The second-order valence-corrected chi connectivity index (χ2v) is 3.45. The third-order valence-corrected chi connectivity index (χ3v) is 2.28. The van der Waals surface area contributed by atoms with Crippen LogP contribution in [0.4, 0.5) is 4.39 Å². The van der Waals surface area contributed by atoms with E-state index in [-0.39, 0.29) is 22.3 Å². The molecule has 0 aliphatic rings. The predicted octanol–water partition coefficient (Wildman–Crippen LogP) is 2.32. The second-order valence-electron chi connectivity index (χ2n) is 3.04. The first-order chi connectivity index (χ1) is 8.11. The van der Waals surface area contributed by atoms with Crippen LogP contribution in [-0.2, 0) is 4.74 Å². The van der Waals surface area contributed by atoms with Crippen LogP contribution in [0.15, 0.2) is 22.7 Å². The molecule has 0 saturated heterocycles. The topological polar surface area (TPSA) is 65.2 Å². The SMILES string of the molecule is COC(=O)c1nc(-c2cc(F)ccc2Cl)no1. The molecule has 17 heavy (non-hydrogen) atoms. The van der Waals surface area contributed by atoms with Crippen molar-refractivity contribution >= 4 is 17.6 Å². The van der Waals surface area contributed by atoms with Crippen molar-refractivity contribution in [3.05, 3.63) is 34.9 Å². The molecule has 0 amide bonds. The Balaban J connectivity index is 2.43. The Hall–Kier alpha value is -1.95. The van der Waals surface area contributed by atoms with Crippen molar-refractivity contribution in [3.8, 4) is 11.4 Å². The van der Waals surface area contributed by atoms with Crippen LogP contribution in [0.2, 0.25) is 5.02 Å². The molecule has 2 rings (SSSR count). The van der Waals surface area contributed by atoms with Crippen molar-refractivity contribution in [2.24, 2.45) is 0 Å². The van der Waals surface area contributed by atoms with Crippen LogP contribution < -0.4 is 0 Å². The van der Waals surface area contributed by atoms with E-state index in [4.69, 9.17) is 11.6 Å². The van der Waals surface area contributed by atoms with Gasteiger partial charge in [0.1, 0.15) is 5.82 Å². The average Bonchev–Trinajstić information content (AvgIpc) is 2.80. The molecule has 0 N–H and O–H groups in total. The number of benzene rings is 1. The van der Waals surface area contributed by atoms with Gasteiger partial charge in [0.2, 0.25) is 5.82 Å². The van der Waals surface area contributed by atoms with Gasteiger partial charge >= 0.3 is 11.9 Å². The summed E-state index contributed by atoms with van der Waals surface area (Å²) in [5.74, 6) is -1.55. The van der Waals surface area contributed by atoms with E-state index in [1.807, 2.05) is 0 Å². The molecule has 0 spiro atoms. The van der Waals surface area contributed by atoms with Gasteiger partial charge in [-0.25, -0.2) is 9.18 Å². The van der Waals surface area contributed by atoms with Gasteiger partial charge in [0.25, 0.3) is 0 Å². The minimum absolute atomic E-state index is 0.0231. The highest BCUT2D eigenvalue weighted by atomic mass is 35.5. The number of carbonyl (C=O) groups is 1. The molecular weight excluding hydrogens is 251 g/mol. The van der Waals surface area contributed by atoms with E-state index < -0.39 is 11.8 Å². The summed E-state index contributed by atoms with van der Waals surface area (Å²) in [7, 11) is 1.18. The van der Waals surface area contributed by atoms with E-state index in [1.165, 1.54) is 19.2 Å². The summed E-state index contributed by atoms with van der Waals surface area (Å²) in [6, 6.07) is 3.71. The van der Waals surface area contributed by atoms with Crippen LogP contribution in [0.3, 0.4) is 0 Å². The molecule has 88 valence electrons. The van der Waals surface area contributed by atoms with Crippen LogP contribution in [0.25, 0.3) is 11.4 Å². The Morgan fingerprint density at radius 2 is 2.29 bits per heavy atom. The predicted molar refractivity (Wildman–Crippen MR) is 56.0 cm³/mol. The lowest BCUT2D eigenvalue weighted by Gasteiger charge is -1.97. The first-order valence-corrected chi connectivity index (χ1v) is 4.87. The highest BCUT2D eigenvalue weighted by Gasteiger charge is 2.18. The van der Waals surface area contributed by atoms with E-state index in [1.54, 1.807) is 0 Å². The standard InChI is InChI=1S/C10H6ClFN2O3/c1-16-10(15)9-13-8(14-17-9)6-4-5(12)2-3-7(6)11/h2-4H,1H3. The van der Waals surface area contributed by atoms with Gasteiger partial charge in [-0.15, -0.1) is 0 Å². The zero-order valence-electron chi connectivity index (χ0n) is 8.61. The molecule has 1 heterocycles. The smallest absolute Gasteiger partial charge is 0.397 e. The lowest BCUT2D eigenvalue weighted by atomic mass is 10.2. The molecular formula is C10H6ClFN2O3. The van der Waals surface area contributed by atoms with Gasteiger partial charge in [-0.05, 0) is 18.2 Å². The maximum Gasteiger partial charge on any atom is 0.397 e. The zero-order valence-corrected chi connectivity index (χ0v) is 9.36. The Kier molecular flexibility index (Phi) is 3.06. The normalized spacial score (nSPS) is 10.3. The number of hydrogen-bond donors (Lipinski definition) is 0. The van der Waals surface area contributed by atoms with Crippen molar-refractivity contribution < 1.29 is 18.4 Å². The Labute approximate surface area is 100 Å². The minimum Gasteiger partial charge on any atom is -0.462 e. The van der Waals surface area contributed by atoms with Crippen LogP contribution in [-0.4, -0.2) is 23.2 Å². The van der Waals surface area contributed by atoms with E-state index >= 15 is 0 Å². The number of ether oxygens (including phenoxy) is 1. The lowest BCUT2D eigenvalue weighted by molar-refractivity contribution is 0.0545. The van der Waals surface area contributed by atoms with Crippen LogP contribution in [0.1, 0.15) is 10.7 Å². The molecule has 0 radical (unpaired) electrons. The van der Waals surface area contributed by atoms with E-state index in [9.17, 15) is 9.18 Å². The molecule has 0 bridgehead atoms. The molecule has 0 saturated carbocycles. The van der Waals surface area contributed by atoms with Crippen molar-refractivity contribution in [3.63, 3.8) is 0 Å². The number of halogens is 2. The van der Waals surface area contributed by atoms with Gasteiger partial charge in [0, 0.05) is 5.56 Å². The molecule has 1 aromatic carbocycles. The van der Waals surface area contributed by atoms with Gasteiger partial charge < -0.3 is 9.26 Å². The third kappa shape index (κ3) is 2.26. The molecule has 5 nitrogen and oxygen atoms in total. The number of carbonyl (C=O) groups excluding carboxylic acids is 1. The molecule has 0 unspecified atom stereocenters. The van der Waals surface area contributed by atoms with Crippen LogP contribution in [0, 0.1) is 5.82 Å². The molecule has 2 aromatic rings. The van der Waals surface area contributed by atoms with E-state index in [2.05, 4.69) is 19.4 Å². The first kappa shape index (κ1) is 11.5. The molecule has 0 fully saturated rings. The fraction of sp³-hybridized carbons (Fsp3) is 0.100. The molecule has 0 atom stereocenters. The number of nitrogens with zero attached hydrogens (tertiary/aromatic N) is 2. The fourth-order valence-electron chi connectivity index (χ4n) is 1.17. The van der Waals surface area contributed by atoms with Crippen LogP contribution in [0.5, 0.6) is 0 Å². The zero-order chi connectivity index (χ0) is 12.4. The maximum atomic E-state index is 13.0. The lowest BCUT2D eigenvalue weighted by Crippen LogP contribution is -2.01. The molecule has 7 heteroatoms. The summed E-state index contributed by atoms with van der Waals surface area (Å²) in [6.45, 7) is 0. The summed E-state index contributed by atoms with van der Waals surface area (Å²) in [6.07, 6.45) is 0. The van der Waals surface area contributed by atoms with Crippen molar-refractivity contribution in [1.82, 2.24) is 10.1 Å². The second kappa shape index (κ2) is 4.50. The third-order valence-electron chi connectivity index (χ3n) is 1.96. The summed E-state index contributed by atoms with van der Waals surface area (Å²) in [5.41, 5.74) is 0.241. The molecule has 1 aromatic heterocycles. The van der Waals surface area contributed by atoms with Crippen molar-refractivity contribution in [1.29, 1.82) is 0 Å². The van der Waals surface area contributed by atoms with Gasteiger partial charge in [0.15, 0.2) is 0 Å². The Morgan fingerprint density at radius 1 is 1.53 bits per heavy atom. The van der Waals surface area contributed by atoms with Gasteiger partial charge in [-0.3, -0.25) is 0 Å². The number of rotatable bonds is 2. The molecule has 0 aliphatic carbocycles.